The van der Waals surface area contributed by atoms with Crippen LogP contribution in [0.2, 0.25) is 0 Å². The summed E-state index contributed by atoms with van der Waals surface area (Å²) in [5, 5.41) is -0.148. The molecule has 64 valence electrons. The van der Waals surface area contributed by atoms with Gasteiger partial charge < -0.3 is 0 Å². The lowest BCUT2D eigenvalue weighted by Crippen LogP contribution is -1.76. The third-order valence-corrected chi connectivity index (χ3v) is 2.49. The topological polar surface area (TPSA) is 0 Å². The largest absolute Gasteiger partial charge is 0.195 e. The third-order valence-electron chi connectivity index (χ3n) is 1.58. The Morgan fingerprint density at radius 1 is 1.50 bits per heavy atom. The van der Waals surface area contributed by atoms with Gasteiger partial charge in [0, 0.05) is 4.88 Å². The fraction of sp³-hybridized carbons (Fsp3) is 0.200. The molecule has 0 fully saturated rings. The van der Waals surface area contributed by atoms with Crippen molar-refractivity contribution in [3.05, 3.63) is 40.4 Å². The van der Waals surface area contributed by atoms with Crippen molar-refractivity contribution < 1.29 is 4.39 Å². The van der Waals surface area contributed by atoms with Crippen LogP contribution in [0.15, 0.2) is 30.4 Å². The molecule has 0 amide bonds. The highest BCUT2D eigenvalue weighted by molar-refractivity contribution is 7.11. The highest BCUT2D eigenvalue weighted by atomic mass is 32.1. The summed E-state index contributed by atoms with van der Waals surface area (Å²) in [4.78, 5) is 0.947. The SMILES string of the molecule is C=CC(=C(C)C)c1ccc(F)s1. The summed E-state index contributed by atoms with van der Waals surface area (Å²) < 4.78 is 12.6. The third kappa shape index (κ3) is 1.83. The van der Waals surface area contributed by atoms with Gasteiger partial charge in [-0.3, -0.25) is 0 Å². The molecule has 0 aliphatic carbocycles. The Bertz CT molecular complexity index is 316. The molecule has 1 aromatic rings. The van der Waals surface area contributed by atoms with Crippen molar-refractivity contribution in [3.8, 4) is 0 Å². The molecule has 0 atom stereocenters. The molecule has 0 nitrogen and oxygen atoms in total. The number of allylic oxidation sites excluding steroid dienone is 3. The predicted molar refractivity (Wildman–Crippen MR) is 52.7 cm³/mol. The van der Waals surface area contributed by atoms with Gasteiger partial charge in [0.05, 0.1) is 0 Å². The Balaban J connectivity index is 3.12. The average molecular weight is 182 g/mol. The van der Waals surface area contributed by atoms with Crippen LogP contribution in [0.5, 0.6) is 0 Å². The van der Waals surface area contributed by atoms with Crippen molar-refractivity contribution in [1.82, 2.24) is 0 Å². The maximum atomic E-state index is 12.6. The van der Waals surface area contributed by atoms with Crippen molar-refractivity contribution in [2.75, 3.05) is 0 Å². The lowest BCUT2D eigenvalue weighted by Gasteiger charge is -1.99. The van der Waals surface area contributed by atoms with E-state index in [-0.39, 0.29) is 5.13 Å². The molecule has 0 aliphatic heterocycles. The minimum absolute atomic E-state index is 0.148. The minimum atomic E-state index is -0.148. The smallest absolute Gasteiger partial charge is 0.176 e. The standard InChI is InChI=1S/C10H11FS/c1-4-8(7(2)3)9-5-6-10(11)12-9/h4-6H,1H2,2-3H3. The zero-order chi connectivity index (χ0) is 9.14. The molecule has 0 saturated heterocycles. The molecular weight excluding hydrogens is 171 g/mol. The fourth-order valence-corrected chi connectivity index (χ4v) is 1.89. The van der Waals surface area contributed by atoms with E-state index >= 15 is 0 Å². The van der Waals surface area contributed by atoms with E-state index in [0.717, 1.165) is 27.4 Å². The molecule has 0 unspecified atom stereocenters. The van der Waals surface area contributed by atoms with Crippen LogP contribution < -0.4 is 0 Å². The number of hydrogen-bond donors (Lipinski definition) is 0. The van der Waals surface area contributed by atoms with E-state index in [9.17, 15) is 4.39 Å². The summed E-state index contributed by atoms with van der Waals surface area (Å²) in [7, 11) is 0. The van der Waals surface area contributed by atoms with Crippen molar-refractivity contribution >= 4 is 16.9 Å². The lowest BCUT2D eigenvalue weighted by molar-refractivity contribution is 0.657. The summed E-state index contributed by atoms with van der Waals surface area (Å²) in [6, 6.07) is 3.26. The van der Waals surface area contributed by atoms with Gasteiger partial charge in [0.1, 0.15) is 0 Å². The van der Waals surface area contributed by atoms with Crippen LogP contribution in [0.4, 0.5) is 4.39 Å². The second-order valence-electron chi connectivity index (χ2n) is 2.72. The molecule has 0 bridgehead atoms. The number of rotatable bonds is 2. The first-order valence-electron chi connectivity index (χ1n) is 3.70. The lowest BCUT2D eigenvalue weighted by atomic mass is 10.1. The minimum Gasteiger partial charge on any atom is -0.195 e. The van der Waals surface area contributed by atoms with Crippen LogP contribution >= 0.6 is 11.3 Å². The number of thiophene rings is 1. The van der Waals surface area contributed by atoms with Crippen molar-refractivity contribution in [2.45, 2.75) is 13.8 Å². The van der Waals surface area contributed by atoms with Gasteiger partial charge >= 0.3 is 0 Å². The van der Waals surface area contributed by atoms with E-state index in [1.54, 1.807) is 12.1 Å². The summed E-state index contributed by atoms with van der Waals surface area (Å²) in [6.07, 6.45) is 1.76. The predicted octanol–water partition coefficient (Wildman–Crippen LogP) is 3.87. The first-order valence-corrected chi connectivity index (χ1v) is 4.52. The van der Waals surface area contributed by atoms with Crippen LogP contribution in [-0.4, -0.2) is 0 Å². The first kappa shape index (κ1) is 9.20. The molecular formula is C10H11FS. The maximum Gasteiger partial charge on any atom is 0.176 e. The van der Waals surface area contributed by atoms with Crippen molar-refractivity contribution in [3.63, 3.8) is 0 Å². The zero-order valence-corrected chi connectivity index (χ0v) is 8.04. The van der Waals surface area contributed by atoms with E-state index in [0.29, 0.717) is 0 Å². The van der Waals surface area contributed by atoms with E-state index in [1.807, 2.05) is 13.8 Å². The van der Waals surface area contributed by atoms with Gasteiger partial charge in [-0.2, -0.15) is 4.39 Å². The molecule has 2 heteroatoms. The van der Waals surface area contributed by atoms with Gasteiger partial charge in [-0.15, -0.1) is 11.3 Å². The van der Waals surface area contributed by atoms with Gasteiger partial charge in [0.2, 0.25) is 0 Å². The molecule has 1 heterocycles. The highest BCUT2D eigenvalue weighted by Gasteiger charge is 2.03. The molecule has 0 saturated carbocycles. The Labute approximate surface area is 76.0 Å². The van der Waals surface area contributed by atoms with Crippen LogP contribution in [0.1, 0.15) is 18.7 Å². The summed E-state index contributed by atoms with van der Waals surface area (Å²) in [6.45, 7) is 7.68. The second-order valence-corrected chi connectivity index (χ2v) is 3.76. The van der Waals surface area contributed by atoms with Crippen LogP contribution in [0.3, 0.4) is 0 Å². The molecule has 1 aromatic heterocycles. The van der Waals surface area contributed by atoms with Crippen LogP contribution in [0, 0.1) is 5.13 Å². The van der Waals surface area contributed by atoms with E-state index in [2.05, 4.69) is 6.58 Å². The van der Waals surface area contributed by atoms with E-state index in [4.69, 9.17) is 0 Å². The van der Waals surface area contributed by atoms with E-state index in [1.165, 1.54) is 6.07 Å². The van der Waals surface area contributed by atoms with E-state index < -0.39 is 0 Å². The molecule has 1 rings (SSSR count). The monoisotopic (exact) mass is 182 g/mol. The summed E-state index contributed by atoms with van der Waals surface area (Å²) in [5.74, 6) is 0. The van der Waals surface area contributed by atoms with Gasteiger partial charge in [-0.25, -0.2) is 0 Å². The van der Waals surface area contributed by atoms with Crippen molar-refractivity contribution in [1.29, 1.82) is 0 Å². The van der Waals surface area contributed by atoms with Crippen molar-refractivity contribution in [2.24, 2.45) is 0 Å². The van der Waals surface area contributed by atoms with Gasteiger partial charge in [-0.1, -0.05) is 18.2 Å². The number of halogens is 1. The molecule has 0 aliphatic rings. The Kier molecular flexibility index (Phi) is 2.82. The van der Waals surface area contributed by atoms with Gasteiger partial charge in [0.25, 0.3) is 0 Å². The molecule has 0 radical (unpaired) electrons. The average Bonchev–Trinajstić information content (AvgIpc) is 2.37. The zero-order valence-electron chi connectivity index (χ0n) is 7.23. The van der Waals surface area contributed by atoms with Gasteiger partial charge in [0.15, 0.2) is 5.13 Å². The van der Waals surface area contributed by atoms with Crippen LogP contribution in [-0.2, 0) is 0 Å². The normalized spacial score (nSPS) is 9.58. The number of hydrogen-bond acceptors (Lipinski definition) is 1. The summed E-state index contributed by atoms with van der Waals surface area (Å²) >= 11 is 1.15. The Hall–Kier alpha value is -0.890. The highest BCUT2D eigenvalue weighted by Crippen LogP contribution is 2.26. The second kappa shape index (κ2) is 3.68. The maximum absolute atomic E-state index is 12.6. The molecule has 0 N–H and O–H groups in total. The van der Waals surface area contributed by atoms with Gasteiger partial charge in [-0.05, 0) is 31.6 Å². The molecule has 0 spiro atoms. The Morgan fingerprint density at radius 2 is 2.17 bits per heavy atom. The summed E-state index contributed by atoms with van der Waals surface area (Å²) in [5.41, 5.74) is 2.19. The first-order chi connectivity index (χ1) is 5.65. The molecule has 0 aromatic carbocycles. The quantitative estimate of drug-likeness (QED) is 0.609. The van der Waals surface area contributed by atoms with Crippen LogP contribution in [0.25, 0.3) is 5.57 Å². The fourth-order valence-electron chi connectivity index (χ4n) is 1.01. The molecule has 12 heavy (non-hydrogen) atoms. The Morgan fingerprint density at radius 3 is 2.50 bits per heavy atom.